The van der Waals surface area contributed by atoms with E-state index in [-0.39, 0.29) is 28.7 Å². The van der Waals surface area contributed by atoms with Gasteiger partial charge >= 0.3 is 0 Å². The number of hydrogen-bond donors (Lipinski definition) is 3. The van der Waals surface area contributed by atoms with Gasteiger partial charge in [0, 0.05) is 12.0 Å². The van der Waals surface area contributed by atoms with Crippen LogP contribution in [0.5, 0.6) is 0 Å². The molecule has 4 rings (SSSR count). The maximum atomic E-state index is 11.1. The largest absolute Gasteiger partial charge is 0.390 e. The van der Waals surface area contributed by atoms with Crippen molar-refractivity contribution in [2.75, 3.05) is 0 Å². The lowest BCUT2D eigenvalue weighted by atomic mass is 9.43. The highest BCUT2D eigenvalue weighted by molar-refractivity contribution is 5.17. The molecular formula is C21H33NO2. The van der Waals surface area contributed by atoms with Crippen molar-refractivity contribution in [3.05, 3.63) is 0 Å². The molecule has 0 bridgehead atoms. The second kappa shape index (κ2) is 5.47. The van der Waals surface area contributed by atoms with Crippen LogP contribution in [0.1, 0.15) is 58.8 Å². The van der Waals surface area contributed by atoms with Crippen molar-refractivity contribution < 1.29 is 10.2 Å². The molecule has 0 amide bonds. The fraction of sp³-hybridized carbons (Fsp3) is 0.905. The molecule has 0 aromatic carbocycles. The van der Waals surface area contributed by atoms with Gasteiger partial charge in [0.25, 0.3) is 0 Å². The lowest BCUT2D eigenvalue weighted by Crippen LogP contribution is -2.64. The van der Waals surface area contributed by atoms with Gasteiger partial charge in [0.15, 0.2) is 0 Å². The molecule has 0 saturated heterocycles. The molecule has 4 aliphatic carbocycles. The van der Waals surface area contributed by atoms with Gasteiger partial charge in [-0.1, -0.05) is 13.8 Å². The summed E-state index contributed by atoms with van der Waals surface area (Å²) in [5.74, 6) is 4.67. The summed E-state index contributed by atoms with van der Waals surface area (Å²) >= 11 is 0. The Kier molecular flexibility index (Phi) is 3.85. The van der Waals surface area contributed by atoms with E-state index in [2.05, 4.69) is 19.8 Å². The minimum atomic E-state index is -0.630. The van der Waals surface area contributed by atoms with Crippen molar-refractivity contribution in [2.24, 2.45) is 46.2 Å². The second-order valence-electron chi connectivity index (χ2n) is 9.76. The van der Waals surface area contributed by atoms with Crippen LogP contribution in [0.4, 0.5) is 0 Å². The number of nitrogens with two attached hydrogens (primary N) is 1. The summed E-state index contributed by atoms with van der Waals surface area (Å²) in [4.78, 5) is 0. The van der Waals surface area contributed by atoms with E-state index in [1.807, 2.05) is 0 Å². The second-order valence-corrected chi connectivity index (χ2v) is 9.76. The summed E-state index contributed by atoms with van der Waals surface area (Å²) in [5.41, 5.74) is 6.47. The van der Waals surface area contributed by atoms with E-state index in [4.69, 9.17) is 12.2 Å². The standard InChI is InChI=1S/C21H33NO2/c1-4-12-5-6-14-17-15(8-10-20(12,14)2)21(3)9-7-13(22)11-16(21)18(23)19(17)24/h1,12-19,23-24H,5-11,22H2,2-3H3/t12-,13-,14?,15?,16?,17?,18+,19+,20+,21+/m0/s1. The Morgan fingerprint density at radius 3 is 2.29 bits per heavy atom. The van der Waals surface area contributed by atoms with Crippen molar-refractivity contribution in [2.45, 2.75) is 77.0 Å². The summed E-state index contributed by atoms with van der Waals surface area (Å²) in [6, 6.07) is 0.174. The van der Waals surface area contributed by atoms with E-state index in [1.54, 1.807) is 0 Å². The predicted octanol–water partition coefficient (Wildman–Crippen LogP) is 2.55. The maximum absolute atomic E-state index is 11.1. The van der Waals surface area contributed by atoms with Crippen molar-refractivity contribution in [3.8, 4) is 12.3 Å². The Balaban J connectivity index is 1.71. The molecule has 0 aliphatic heterocycles. The molecule has 0 spiro atoms. The fourth-order valence-electron chi connectivity index (χ4n) is 7.56. The number of hydrogen-bond acceptors (Lipinski definition) is 3. The molecule has 3 nitrogen and oxygen atoms in total. The Morgan fingerprint density at radius 2 is 1.58 bits per heavy atom. The van der Waals surface area contributed by atoms with Gasteiger partial charge in [-0.15, -0.1) is 12.3 Å². The van der Waals surface area contributed by atoms with E-state index >= 15 is 0 Å². The maximum Gasteiger partial charge on any atom is 0.0836 e. The monoisotopic (exact) mass is 331 g/mol. The molecule has 4 aliphatic rings. The molecule has 24 heavy (non-hydrogen) atoms. The zero-order valence-corrected chi connectivity index (χ0v) is 15.1. The smallest absolute Gasteiger partial charge is 0.0836 e. The minimum absolute atomic E-state index is 0.120. The molecule has 134 valence electrons. The van der Waals surface area contributed by atoms with Gasteiger partial charge in [-0.2, -0.15) is 0 Å². The highest BCUT2D eigenvalue weighted by Crippen LogP contribution is 2.67. The third-order valence-electron chi connectivity index (χ3n) is 8.99. The third kappa shape index (κ3) is 2.03. The van der Waals surface area contributed by atoms with E-state index in [1.165, 1.54) is 6.42 Å². The molecule has 0 heterocycles. The third-order valence-corrected chi connectivity index (χ3v) is 8.99. The highest BCUT2D eigenvalue weighted by atomic mass is 16.3. The van der Waals surface area contributed by atoms with Crippen LogP contribution in [0.25, 0.3) is 0 Å². The van der Waals surface area contributed by atoms with Crippen LogP contribution in [0.2, 0.25) is 0 Å². The van der Waals surface area contributed by atoms with Crippen molar-refractivity contribution in [1.29, 1.82) is 0 Å². The summed E-state index contributed by atoms with van der Waals surface area (Å²) in [7, 11) is 0. The normalized spacial score (nSPS) is 59.8. The Hall–Kier alpha value is -0.560. The van der Waals surface area contributed by atoms with Crippen LogP contribution < -0.4 is 5.73 Å². The zero-order valence-electron chi connectivity index (χ0n) is 15.1. The first-order valence-corrected chi connectivity index (χ1v) is 9.91. The molecule has 4 saturated carbocycles. The number of terminal acetylenes is 1. The van der Waals surface area contributed by atoms with Crippen molar-refractivity contribution >= 4 is 0 Å². The van der Waals surface area contributed by atoms with Gasteiger partial charge in [-0.25, -0.2) is 0 Å². The molecule has 3 heteroatoms. The van der Waals surface area contributed by atoms with E-state index in [0.717, 1.165) is 38.5 Å². The minimum Gasteiger partial charge on any atom is -0.390 e. The van der Waals surface area contributed by atoms with Crippen molar-refractivity contribution in [3.63, 3.8) is 0 Å². The van der Waals surface area contributed by atoms with Crippen LogP contribution in [0, 0.1) is 52.8 Å². The number of rotatable bonds is 0. The van der Waals surface area contributed by atoms with Gasteiger partial charge in [0.05, 0.1) is 12.2 Å². The lowest BCUT2D eigenvalue weighted by Gasteiger charge is -2.63. The van der Waals surface area contributed by atoms with Gasteiger partial charge in [-0.3, -0.25) is 0 Å². The Bertz CT molecular complexity index is 557. The number of fused-ring (bicyclic) bond motifs is 5. The number of aliphatic hydroxyl groups is 2. The molecule has 0 aromatic rings. The summed E-state index contributed by atoms with van der Waals surface area (Å²) in [6.07, 6.45) is 12.1. The van der Waals surface area contributed by atoms with Gasteiger partial charge in [0.2, 0.25) is 0 Å². The van der Waals surface area contributed by atoms with Crippen LogP contribution in [-0.2, 0) is 0 Å². The number of aliphatic hydroxyl groups excluding tert-OH is 2. The summed E-state index contributed by atoms with van der Waals surface area (Å²) < 4.78 is 0. The molecule has 4 N–H and O–H groups in total. The fourth-order valence-corrected chi connectivity index (χ4v) is 7.56. The van der Waals surface area contributed by atoms with E-state index in [9.17, 15) is 10.2 Å². The Labute approximate surface area is 146 Å². The van der Waals surface area contributed by atoms with Crippen LogP contribution in [0.15, 0.2) is 0 Å². The SMILES string of the molecule is C#C[C@H]1CCC2C3C(CC[C@@]21C)[C@@]1(C)CC[C@H](N)CC1[C@@H](O)[C@@H]3O. The zero-order chi connectivity index (χ0) is 17.3. The molecule has 4 unspecified atom stereocenters. The quantitative estimate of drug-likeness (QED) is 0.598. The first-order chi connectivity index (χ1) is 11.3. The van der Waals surface area contributed by atoms with Crippen molar-refractivity contribution in [1.82, 2.24) is 0 Å². The first-order valence-electron chi connectivity index (χ1n) is 9.91. The molecular weight excluding hydrogens is 298 g/mol. The molecule has 10 atom stereocenters. The van der Waals surface area contributed by atoms with Gasteiger partial charge in [-0.05, 0) is 79.4 Å². The van der Waals surface area contributed by atoms with E-state index < -0.39 is 12.2 Å². The summed E-state index contributed by atoms with van der Waals surface area (Å²) in [6.45, 7) is 4.71. The predicted molar refractivity (Wildman–Crippen MR) is 94.8 cm³/mol. The average Bonchev–Trinajstić information content (AvgIpc) is 2.90. The molecule has 0 radical (unpaired) electrons. The summed E-state index contributed by atoms with van der Waals surface area (Å²) in [5, 5.41) is 22.1. The van der Waals surface area contributed by atoms with E-state index in [0.29, 0.717) is 17.8 Å². The van der Waals surface area contributed by atoms with Gasteiger partial charge in [0.1, 0.15) is 0 Å². The van der Waals surface area contributed by atoms with Gasteiger partial charge < -0.3 is 15.9 Å². The van der Waals surface area contributed by atoms with Crippen LogP contribution in [0.3, 0.4) is 0 Å². The Morgan fingerprint density at radius 1 is 0.917 bits per heavy atom. The average molecular weight is 332 g/mol. The molecule has 4 fully saturated rings. The molecule has 0 aromatic heterocycles. The van der Waals surface area contributed by atoms with Crippen LogP contribution in [-0.4, -0.2) is 28.5 Å². The van der Waals surface area contributed by atoms with Crippen LogP contribution >= 0.6 is 0 Å². The first kappa shape index (κ1) is 16.9. The highest BCUT2D eigenvalue weighted by Gasteiger charge is 2.64. The topological polar surface area (TPSA) is 66.5 Å². The lowest BCUT2D eigenvalue weighted by molar-refractivity contribution is -0.214.